The fourth-order valence-electron chi connectivity index (χ4n) is 4.61. The number of hydrogen-bond donors (Lipinski definition) is 1. The van der Waals surface area contributed by atoms with E-state index in [1.54, 1.807) is 4.68 Å². The Morgan fingerprint density at radius 3 is 2.68 bits per heavy atom. The molecule has 2 heterocycles. The molecular formula is C20H23N4O3S-. The van der Waals surface area contributed by atoms with Crippen LogP contribution in [0.1, 0.15) is 54.5 Å². The Balaban J connectivity index is 1.43. The third kappa shape index (κ3) is 2.82. The van der Waals surface area contributed by atoms with Gasteiger partial charge in [-0.3, -0.25) is 0 Å². The van der Waals surface area contributed by atoms with Gasteiger partial charge in [-0.25, -0.2) is 9.48 Å². The predicted molar refractivity (Wildman–Crippen MR) is 105 cm³/mol. The topological polar surface area (TPSA) is 85.6 Å². The lowest BCUT2D eigenvalue weighted by molar-refractivity contribution is 0.260. The van der Waals surface area contributed by atoms with Gasteiger partial charge >= 0.3 is 6.03 Å². The molecule has 0 saturated heterocycles. The Labute approximate surface area is 165 Å². The number of benzene rings is 1. The van der Waals surface area contributed by atoms with Gasteiger partial charge in [-0.1, -0.05) is 13.0 Å². The number of rotatable bonds is 3. The van der Waals surface area contributed by atoms with Crippen molar-refractivity contribution in [2.24, 2.45) is 4.36 Å². The Bertz CT molecular complexity index is 1020. The molecule has 0 fully saturated rings. The molecular weight excluding hydrogens is 376 g/mol. The van der Waals surface area contributed by atoms with Crippen molar-refractivity contribution >= 4 is 22.3 Å². The van der Waals surface area contributed by atoms with Crippen LogP contribution in [0, 0.1) is 0 Å². The largest absolute Gasteiger partial charge is 0.477 e. The van der Waals surface area contributed by atoms with Crippen molar-refractivity contribution in [1.29, 1.82) is 0 Å². The second-order valence-corrected chi connectivity index (χ2v) is 8.76. The number of nitrogens with one attached hydrogen (secondary N) is 1. The van der Waals surface area contributed by atoms with Crippen LogP contribution in [0.2, 0.25) is 0 Å². The monoisotopic (exact) mass is 399 g/mol. The molecule has 0 spiro atoms. The zero-order chi connectivity index (χ0) is 19.3. The average Bonchev–Trinajstić information content (AvgIpc) is 3.44. The Morgan fingerprint density at radius 2 is 2.00 bits per heavy atom. The smallest absolute Gasteiger partial charge is 0.322 e. The van der Waals surface area contributed by atoms with Gasteiger partial charge in [-0.15, -0.1) is 10.6 Å². The van der Waals surface area contributed by atoms with Crippen molar-refractivity contribution in [3.05, 3.63) is 34.5 Å². The Kier molecular flexibility index (Phi) is 4.38. The SMILES string of the molecule is CC[C@@H]1COc2c([S-](=O)=NC(=O)Nc3c4c(cc5c3CCC5)CCC4)cnn21. The average molecular weight is 399 g/mol. The molecule has 148 valence electrons. The number of hydrogen-bond acceptors (Lipinski definition) is 5. The fraction of sp³-hybridized carbons (Fsp3) is 0.500. The van der Waals surface area contributed by atoms with E-state index >= 15 is 0 Å². The van der Waals surface area contributed by atoms with Gasteiger partial charge in [0, 0.05) is 11.9 Å². The summed E-state index contributed by atoms with van der Waals surface area (Å²) in [4.78, 5) is 13.0. The van der Waals surface area contributed by atoms with Gasteiger partial charge in [0.2, 0.25) is 0 Å². The molecule has 1 aromatic heterocycles. The zero-order valence-corrected chi connectivity index (χ0v) is 16.7. The number of ether oxygens (including phenoxy) is 1. The number of anilines is 1. The van der Waals surface area contributed by atoms with Crippen LogP contribution < -0.4 is 10.1 Å². The standard InChI is InChI=1S/C20H23N4O3S/c1-2-14-11-27-19-17(10-21-24(14)19)28(26)23-20(25)22-18-15-7-3-5-12(15)9-13-6-4-8-16(13)18/h9-10,14H,2-8,11H2,1H3,(H,22,25)/q-1/t14-/m1/s1. The molecule has 0 saturated carbocycles. The first-order chi connectivity index (χ1) is 13.7. The lowest BCUT2D eigenvalue weighted by Crippen LogP contribution is -2.11. The highest BCUT2D eigenvalue weighted by Gasteiger charge is 2.25. The van der Waals surface area contributed by atoms with E-state index in [1.807, 2.05) is 0 Å². The summed E-state index contributed by atoms with van der Waals surface area (Å²) < 4.78 is 23.9. The molecule has 0 bridgehead atoms. The number of aryl methyl sites for hydroxylation is 2. The molecule has 0 unspecified atom stereocenters. The minimum atomic E-state index is -1.85. The van der Waals surface area contributed by atoms with Gasteiger partial charge in [0.25, 0.3) is 0 Å². The Hall–Kier alpha value is -2.35. The number of fused-ring (bicyclic) bond motifs is 3. The molecule has 2 aromatic rings. The minimum absolute atomic E-state index is 0.143. The van der Waals surface area contributed by atoms with Crippen LogP contribution >= 0.6 is 0 Å². The van der Waals surface area contributed by atoms with Crippen LogP contribution in [0.15, 0.2) is 21.5 Å². The van der Waals surface area contributed by atoms with E-state index < -0.39 is 16.6 Å². The third-order valence-electron chi connectivity index (χ3n) is 6.01. The van der Waals surface area contributed by atoms with Crippen molar-refractivity contribution in [2.45, 2.75) is 62.8 Å². The molecule has 2 amide bonds. The van der Waals surface area contributed by atoms with Gasteiger partial charge in [0.05, 0.1) is 6.04 Å². The number of carbonyl (C=O) groups is 1. The first-order valence-corrected chi connectivity index (χ1v) is 11.1. The van der Waals surface area contributed by atoms with E-state index in [9.17, 15) is 9.00 Å². The van der Waals surface area contributed by atoms with E-state index in [0.29, 0.717) is 17.4 Å². The van der Waals surface area contributed by atoms with E-state index in [4.69, 9.17) is 4.74 Å². The molecule has 1 aromatic carbocycles. The number of nitrogens with zero attached hydrogens (tertiary/aromatic N) is 3. The van der Waals surface area contributed by atoms with Crippen LogP contribution in [-0.4, -0.2) is 22.4 Å². The molecule has 7 nitrogen and oxygen atoms in total. The molecule has 1 aliphatic heterocycles. The molecule has 8 heteroatoms. The van der Waals surface area contributed by atoms with Gasteiger partial charge in [-0.05, 0) is 72.1 Å². The molecule has 3 aliphatic rings. The maximum Gasteiger partial charge on any atom is 0.322 e. The number of amides is 2. The van der Waals surface area contributed by atoms with Crippen LogP contribution in [0.5, 0.6) is 5.88 Å². The zero-order valence-electron chi connectivity index (χ0n) is 15.9. The number of urea groups is 1. The predicted octanol–water partition coefficient (Wildman–Crippen LogP) is 3.94. The van der Waals surface area contributed by atoms with Crippen molar-refractivity contribution in [3.63, 3.8) is 0 Å². The summed E-state index contributed by atoms with van der Waals surface area (Å²) in [6, 6.07) is 1.88. The summed E-state index contributed by atoms with van der Waals surface area (Å²) in [6.07, 6.45) is 8.67. The maximum absolute atomic E-state index is 12.7. The van der Waals surface area contributed by atoms with Crippen molar-refractivity contribution in [3.8, 4) is 5.88 Å². The van der Waals surface area contributed by atoms with Crippen LogP contribution in [-0.2, 0) is 40.5 Å². The van der Waals surface area contributed by atoms with Crippen molar-refractivity contribution in [2.75, 3.05) is 11.9 Å². The van der Waals surface area contributed by atoms with Crippen molar-refractivity contribution in [1.82, 2.24) is 9.78 Å². The fourth-order valence-corrected chi connectivity index (χ4v) is 5.34. The van der Waals surface area contributed by atoms with E-state index in [0.717, 1.165) is 50.6 Å². The molecule has 28 heavy (non-hydrogen) atoms. The first-order valence-electron chi connectivity index (χ1n) is 9.97. The molecule has 1 atom stereocenters. The van der Waals surface area contributed by atoms with E-state index in [2.05, 4.69) is 27.8 Å². The van der Waals surface area contributed by atoms with E-state index in [-0.39, 0.29) is 6.04 Å². The summed E-state index contributed by atoms with van der Waals surface area (Å²) in [5.74, 6) is 0.461. The normalized spacial score (nSPS) is 20.5. The molecule has 5 rings (SSSR count). The lowest BCUT2D eigenvalue weighted by atomic mass is 9.99. The Morgan fingerprint density at radius 1 is 1.29 bits per heavy atom. The van der Waals surface area contributed by atoms with Gasteiger partial charge in [0.1, 0.15) is 6.61 Å². The maximum atomic E-state index is 12.7. The highest BCUT2D eigenvalue weighted by molar-refractivity contribution is 7.75. The summed E-state index contributed by atoms with van der Waals surface area (Å²) in [5, 5.41) is 7.22. The molecule has 2 aliphatic carbocycles. The van der Waals surface area contributed by atoms with Gasteiger partial charge in [-0.2, -0.15) is 5.10 Å². The summed E-state index contributed by atoms with van der Waals surface area (Å²) >= 11 is 0. The van der Waals surface area contributed by atoms with Crippen LogP contribution in [0.4, 0.5) is 10.5 Å². The number of carbonyl (C=O) groups excluding carboxylic acids is 1. The highest BCUT2D eigenvalue weighted by atomic mass is 32.2. The highest BCUT2D eigenvalue weighted by Crippen LogP contribution is 2.38. The third-order valence-corrected chi connectivity index (χ3v) is 6.99. The first kappa shape index (κ1) is 17.7. The summed E-state index contributed by atoms with van der Waals surface area (Å²) in [6.45, 7) is 2.56. The lowest BCUT2D eigenvalue weighted by Gasteiger charge is -2.15. The van der Waals surface area contributed by atoms with Gasteiger partial charge in [0.15, 0.2) is 5.88 Å². The minimum Gasteiger partial charge on any atom is -0.477 e. The second kappa shape index (κ2) is 6.92. The quantitative estimate of drug-likeness (QED) is 0.792. The van der Waals surface area contributed by atoms with Crippen LogP contribution in [0.3, 0.4) is 0 Å². The van der Waals surface area contributed by atoms with Crippen LogP contribution in [0.25, 0.3) is 0 Å². The van der Waals surface area contributed by atoms with Gasteiger partial charge < -0.3 is 18.6 Å². The summed E-state index contributed by atoms with van der Waals surface area (Å²) in [5.41, 5.74) is 6.05. The molecule has 1 N–H and O–H groups in total. The summed E-state index contributed by atoms with van der Waals surface area (Å²) in [7, 11) is -1.85. The number of aromatic nitrogens is 2. The van der Waals surface area contributed by atoms with E-state index in [1.165, 1.54) is 28.5 Å². The molecule has 0 radical (unpaired) electrons. The van der Waals surface area contributed by atoms with Crippen molar-refractivity contribution < 1.29 is 13.7 Å². The second-order valence-electron chi connectivity index (χ2n) is 7.64.